The van der Waals surface area contributed by atoms with Gasteiger partial charge in [-0.1, -0.05) is 69.7 Å². The van der Waals surface area contributed by atoms with Gasteiger partial charge in [0.1, 0.15) is 0 Å². The van der Waals surface area contributed by atoms with Crippen LogP contribution in [0, 0.1) is 13.8 Å². The molecule has 3 rings (SSSR count). The van der Waals surface area contributed by atoms with Gasteiger partial charge in [-0.3, -0.25) is 0 Å². The fraction of sp³-hybridized carbons (Fsp3) is 0.167. The van der Waals surface area contributed by atoms with Crippen LogP contribution >= 0.6 is 27.7 Å². The predicted molar refractivity (Wildman–Crippen MR) is 103 cm³/mol. The molecule has 0 saturated carbocycles. The van der Waals surface area contributed by atoms with Crippen LogP contribution in [0.5, 0.6) is 0 Å². The number of aromatic nitrogens is 3. The van der Waals surface area contributed by atoms with E-state index in [0.29, 0.717) is 0 Å². The summed E-state index contributed by atoms with van der Waals surface area (Å²) in [5.74, 6) is 1.60. The molecule has 0 aliphatic carbocycles. The first-order valence-corrected chi connectivity index (χ1v) is 9.30. The van der Waals surface area contributed by atoms with Crippen molar-refractivity contribution in [2.24, 2.45) is 5.10 Å². The molecule has 0 bridgehead atoms. The molecule has 0 unspecified atom stereocenters. The normalized spacial score (nSPS) is 11.3. The van der Waals surface area contributed by atoms with E-state index in [1.165, 1.54) is 11.1 Å². The number of hydrogen-bond donors (Lipinski definition) is 0. The van der Waals surface area contributed by atoms with Crippen LogP contribution in [0.2, 0.25) is 0 Å². The van der Waals surface area contributed by atoms with Gasteiger partial charge in [0.15, 0.2) is 5.82 Å². The lowest BCUT2D eigenvalue weighted by atomic mass is 10.2. The zero-order chi connectivity index (χ0) is 16.9. The summed E-state index contributed by atoms with van der Waals surface area (Å²) in [5, 5.41) is 13.7. The third-order valence-electron chi connectivity index (χ3n) is 3.41. The Labute approximate surface area is 154 Å². The van der Waals surface area contributed by atoms with E-state index in [4.69, 9.17) is 0 Å². The molecule has 6 heteroatoms. The van der Waals surface area contributed by atoms with Gasteiger partial charge in [0, 0.05) is 10.2 Å². The number of thioether (sulfide) groups is 1. The van der Waals surface area contributed by atoms with E-state index >= 15 is 0 Å². The highest BCUT2D eigenvalue weighted by Crippen LogP contribution is 2.22. The minimum atomic E-state index is 0.775. The van der Waals surface area contributed by atoms with E-state index in [9.17, 15) is 0 Å². The maximum absolute atomic E-state index is 4.54. The average molecular weight is 401 g/mol. The van der Waals surface area contributed by atoms with Crippen LogP contribution in [-0.4, -0.2) is 21.1 Å². The molecule has 0 N–H and O–H groups in total. The maximum atomic E-state index is 4.54. The summed E-state index contributed by atoms with van der Waals surface area (Å²) in [6, 6.07) is 16.5. The number of hydrogen-bond acceptors (Lipinski definition) is 4. The van der Waals surface area contributed by atoms with Crippen molar-refractivity contribution < 1.29 is 0 Å². The second-order valence-electron chi connectivity index (χ2n) is 5.42. The van der Waals surface area contributed by atoms with Gasteiger partial charge in [0.25, 0.3) is 0 Å². The van der Waals surface area contributed by atoms with E-state index in [1.807, 2.05) is 37.4 Å². The molecule has 0 spiro atoms. The maximum Gasteiger partial charge on any atom is 0.212 e. The lowest BCUT2D eigenvalue weighted by molar-refractivity contribution is 0.744. The molecular formula is C18H17BrN4S. The Kier molecular flexibility index (Phi) is 5.48. The summed E-state index contributed by atoms with van der Waals surface area (Å²) in [4.78, 5) is 0. The second-order valence-corrected chi connectivity index (χ2v) is 7.27. The molecule has 0 radical (unpaired) electrons. The second kappa shape index (κ2) is 7.77. The number of rotatable bonds is 5. The lowest BCUT2D eigenvalue weighted by Gasteiger charge is -2.03. The van der Waals surface area contributed by atoms with Crippen LogP contribution < -0.4 is 0 Å². The van der Waals surface area contributed by atoms with E-state index in [1.54, 1.807) is 16.4 Å². The fourth-order valence-electron chi connectivity index (χ4n) is 2.16. The molecule has 0 aliphatic rings. The van der Waals surface area contributed by atoms with Gasteiger partial charge in [0.2, 0.25) is 5.16 Å². The minimum Gasteiger partial charge on any atom is -0.192 e. The SMILES string of the molecule is Cc1cccc(/C=N/n2c(C)nnc2SCc2ccc(Br)cc2)c1. The van der Waals surface area contributed by atoms with Gasteiger partial charge < -0.3 is 0 Å². The first kappa shape index (κ1) is 16.9. The molecule has 24 heavy (non-hydrogen) atoms. The van der Waals surface area contributed by atoms with Gasteiger partial charge in [-0.15, -0.1) is 10.2 Å². The Morgan fingerprint density at radius 2 is 1.92 bits per heavy atom. The van der Waals surface area contributed by atoms with Gasteiger partial charge in [-0.05, 0) is 37.1 Å². The number of aryl methyl sites for hydroxylation is 2. The molecule has 1 aromatic heterocycles. The van der Waals surface area contributed by atoms with E-state index in [-0.39, 0.29) is 0 Å². The summed E-state index contributed by atoms with van der Waals surface area (Å²) in [6.07, 6.45) is 1.84. The third-order valence-corrected chi connectivity index (χ3v) is 4.93. The van der Waals surface area contributed by atoms with Crippen molar-refractivity contribution in [1.82, 2.24) is 14.9 Å². The van der Waals surface area contributed by atoms with E-state index < -0.39 is 0 Å². The molecule has 0 saturated heterocycles. The molecule has 2 aromatic carbocycles. The van der Waals surface area contributed by atoms with Crippen molar-refractivity contribution in [2.75, 3.05) is 0 Å². The number of halogens is 1. The number of benzene rings is 2. The Hall–Kier alpha value is -1.92. The van der Waals surface area contributed by atoms with Gasteiger partial charge in [-0.2, -0.15) is 9.78 Å². The summed E-state index contributed by atoms with van der Waals surface area (Å²) in [7, 11) is 0. The standard InChI is InChI=1S/C18H17BrN4S/c1-13-4-3-5-16(10-13)11-20-23-14(2)21-22-18(23)24-12-15-6-8-17(19)9-7-15/h3-11H,12H2,1-2H3/b20-11+. The van der Waals surface area contributed by atoms with Crippen molar-refractivity contribution in [2.45, 2.75) is 24.8 Å². The van der Waals surface area contributed by atoms with Crippen LogP contribution in [0.1, 0.15) is 22.5 Å². The molecule has 0 atom stereocenters. The first-order chi connectivity index (χ1) is 11.6. The summed E-state index contributed by atoms with van der Waals surface area (Å²) in [5.41, 5.74) is 3.51. The third kappa shape index (κ3) is 4.33. The topological polar surface area (TPSA) is 43.1 Å². The van der Waals surface area contributed by atoms with Crippen molar-refractivity contribution in [3.8, 4) is 0 Å². The van der Waals surface area contributed by atoms with Crippen LogP contribution in [0.4, 0.5) is 0 Å². The molecule has 1 heterocycles. The number of nitrogens with zero attached hydrogens (tertiary/aromatic N) is 4. The van der Waals surface area contributed by atoms with Crippen LogP contribution in [-0.2, 0) is 5.75 Å². The average Bonchev–Trinajstić information content (AvgIpc) is 2.92. The van der Waals surface area contributed by atoms with Gasteiger partial charge in [0.05, 0.1) is 6.21 Å². The summed E-state index contributed by atoms with van der Waals surface area (Å²) in [6.45, 7) is 3.98. The zero-order valence-corrected chi connectivity index (χ0v) is 15.9. The molecular weight excluding hydrogens is 384 g/mol. The summed E-state index contributed by atoms with van der Waals surface area (Å²) >= 11 is 5.08. The lowest BCUT2D eigenvalue weighted by Crippen LogP contribution is -1.96. The van der Waals surface area contributed by atoms with E-state index in [0.717, 1.165) is 26.8 Å². The fourth-order valence-corrected chi connectivity index (χ4v) is 3.32. The first-order valence-electron chi connectivity index (χ1n) is 7.52. The quantitative estimate of drug-likeness (QED) is 0.454. The summed E-state index contributed by atoms with van der Waals surface area (Å²) < 4.78 is 2.87. The van der Waals surface area contributed by atoms with Crippen molar-refractivity contribution in [3.05, 3.63) is 75.5 Å². The predicted octanol–water partition coefficient (Wildman–Crippen LogP) is 4.83. The Morgan fingerprint density at radius 1 is 1.12 bits per heavy atom. The minimum absolute atomic E-state index is 0.775. The highest BCUT2D eigenvalue weighted by atomic mass is 79.9. The van der Waals surface area contributed by atoms with Crippen molar-refractivity contribution in [3.63, 3.8) is 0 Å². The largest absolute Gasteiger partial charge is 0.212 e. The Balaban J connectivity index is 1.74. The molecule has 0 fully saturated rings. The van der Waals surface area contributed by atoms with Crippen LogP contribution in [0.3, 0.4) is 0 Å². The zero-order valence-electron chi connectivity index (χ0n) is 13.5. The molecule has 0 amide bonds. The molecule has 4 nitrogen and oxygen atoms in total. The van der Waals surface area contributed by atoms with Crippen LogP contribution in [0.25, 0.3) is 0 Å². The molecule has 0 aliphatic heterocycles. The molecule has 3 aromatic rings. The smallest absolute Gasteiger partial charge is 0.192 e. The van der Waals surface area contributed by atoms with Crippen LogP contribution in [0.15, 0.2) is 63.3 Å². The highest BCUT2D eigenvalue weighted by Gasteiger charge is 2.08. The highest BCUT2D eigenvalue weighted by molar-refractivity contribution is 9.10. The van der Waals surface area contributed by atoms with E-state index in [2.05, 4.69) is 62.4 Å². The van der Waals surface area contributed by atoms with Crippen molar-refractivity contribution >= 4 is 33.9 Å². The van der Waals surface area contributed by atoms with Gasteiger partial charge in [-0.25, -0.2) is 0 Å². The molecule has 122 valence electrons. The van der Waals surface area contributed by atoms with Gasteiger partial charge >= 0.3 is 0 Å². The Morgan fingerprint density at radius 3 is 2.67 bits per heavy atom. The van der Waals surface area contributed by atoms with Crippen molar-refractivity contribution in [1.29, 1.82) is 0 Å². The monoisotopic (exact) mass is 400 g/mol. The Bertz CT molecular complexity index is 856.